The first-order chi connectivity index (χ1) is 8.38. The molecule has 0 radical (unpaired) electrons. The minimum Gasteiger partial charge on any atom is -0.486 e. The summed E-state index contributed by atoms with van der Waals surface area (Å²) in [6.45, 7) is 0.615. The van der Waals surface area contributed by atoms with E-state index < -0.39 is 12.1 Å². The highest BCUT2D eigenvalue weighted by atomic mass is 19.4. The Hall–Kier alpha value is -2.12. The Kier molecular flexibility index (Phi) is 2.93. The molecule has 5 nitrogen and oxygen atoms in total. The first-order valence-corrected chi connectivity index (χ1v) is 4.95. The predicted octanol–water partition coefficient (Wildman–Crippen LogP) is 1.54. The maximum atomic E-state index is 12.1. The molecule has 0 saturated heterocycles. The Morgan fingerprint density at radius 3 is 2.33 bits per heavy atom. The molecule has 0 unspecified atom stereocenters. The van der Waals surface area contributed by atoms with Gasteiger partial charge in [-0.15, -0.1) is 0 Å². The van der Waals surface area contributed by atoms with E-state index in [9.17, 15) is 18.0 Å². The molecule has 8 heteroatoms. The normalized spacial score (nSPS) is 14.2. The van der Waals surface area contributed by atoms with E-state index in [2.05, 4.69) is 0 Å². The number of anilines is 2. The van der Waals surface area contributed by atoms with E-state index in [-0.39, 0.29) is 23.7 Å². The van der Waals surface area contributed by atoms with Crippen molar-refractivity contribution in [3.8, 4) is 11.5 Å². The number of amides is 1. The number of hydrogen-bond donors (Lipinski definition) is 2. The zero-order chi connectivity index (χ0) is 13.3. The van der Waals surface area contributed by atoms with Crippen LogP contribution < -0.4 is 20.5 Å². The lowest BCUT2D eigenvalue weighted by atomic mass is 10.2. The Bertz CT molecular complexity index is 488. The summed E-state index contributed by atoms with van der Waals surface area (Å²) in [4.78, 5) is 10.8. The summed E-state index contributed by atoms with van der Waals surface area (Å²) in [6.07, 6.45) is -4.97. The highest BCUT2D eigenvalue weighted by Gasteiger charge is 2.39. The van der Waals surface area contributed by atoms with E-state index in [4.69, 9.17) is 15.2 Å². The van der Waals surface area contributed by atoms with Gasteiger partial charge < -0.3 is 20.5 Å². The smallest absolute Gasteiger partial charge is 0.471 e. The minimum atomic E-state index is -4.97. The predicted molar refractivity (Wildman–Crippen MR) is 56.5 cm³/mol. The van der Waals surface area contributed by atoms with Crippen LogP contribution in [0.25, 0.3) is 0 Å². The lowest BCUT2D eigenvalue weighted by Gasteiger charge is -2.20. The molecule has 1 heterocycles. The van der Waals surface area contributed by atoms with E-state index in [1.807, 2.05) is 0 Å². The molecule has 0 atom stereocenters. The van der Waals surface area contributed by atoms with Gasteiger partial charge in [0.2, 0.25) is 0 Å². The van der Waals surface area contributed by atoms with Crippen molar-refractivity contribution in [2.24, 2.45) is 0 Å². The van der Waals surface area contributed by atoms with Crippen LogP contribution >= 0.6 is 0 Å². The SMILES string of the molecule is Nc1cc2c(cc1NC(=O)C(F)(F)F)OCCO2. The fourth-order valence-electron chi connectivity index (χ4n) is 1.41. The van der Waals surface area contributed by atoms with E-state index in [1.54, 1.807) is 5.32 Å². The van der Waals surface area contributed by atoms with Gasteiger partial charge in [0.25, 0.3) is 0 Å². The van der Waals surface area contributed by atoms with Crippen LogP contribution in [0.5, 0.6) is 11.5 Å². The molecule has 1 aliphatic rings. The molecule has 0 aromatic heterocycles. The summed E-state index contributed by atoms with van der Waals surface area (Å²) in [5.74, 6) is -1.51. The average Bonchev–Trinajstić information content (AvgIpc) is 2.28. The molecule has 1 aromatic carbocycles. The molecule has 3 N–H and O–H groups in total. The van der Waals surface area contributed by atoms with Gasteiger partial charge in [0.05, 0.1) is 11.4 Å². The molecule has 1 aliphatic heterocycles. The summed E-state index contributed by atoms with van der Waals surface area (Å²) in [6, 6.07) is 2.51. The number of nitrogen functional groups attached to an aromatic ring is 1. The fraction of sp³-hybridized carbons (Fsp3) is 0.300. The van der Waals surface area contributed by atoms with Crippen molar-refractivity contribution in [3.05, 3.63) is 12.1 Å². The summed E-state index contributed by atoms with van der Waals surface area (Å²) < 4.78 is 46.7. The zero-order valence-electron chi connectivity index (χ0n) is 9.00. The van der Waals surface area contributed by atoms with E-state index in [0.717, 1.165) is 0 Å². The number of nitrogens with two attached hydrogens (primary N) is 1. The zero-order valence-corrected chi connectivity index (χ0v) is 9.00. The van der Waals surface area contributed by atoms with Crippen LogP contribution in [-0.2, 0) is 4.79 Å². The number of halogens is 3. The molecular weight excluding hydrogens is 253 g/mol. The van der Waals surface area contributed by atoms with Crippen molar-refractivity contribution in [3.63, 3.8) is 0 Å². The van der Waals surface area contributed by atoms with Gasteiger partial charge in [-0.05, 0) is 0 Å². The number of carbonyl (C=O) groups is 1. The lowest BCUT2D eigenvalue weighted by molar-refractivity contribution is -0.167. The van der Waals surface area contributed by atoms with E-state index >= 15 is 0 Å². The number of fused-ring (bicyclic) bond motifs is 1. The second-order valence-corrected chi connectivity index (χ2v) is 3.54. The average molecular weight is 262 g/mol. The maximum Gasteiger partial charge on any atom is 0.471 e. The molecule has 0 fully saturated rings. The molecule has 1 amide bonds. The van der Waals surface area contributed by atoms with Crippen molar-refractivity contribution in [2.45, 2.75) is 6.18 Å². The number of alkyl halides is 3. The standard InChI is InChI=1S/C10H9F3N2O3/c11-10(12,13)9(16)15-6-4-8-7(3-5(6)14)17-1-2-18-8/h3-4H,1-2,14H2,(H,15,16). The fourth-order valence-corrected chi connectivity index (χ4v) is 1.41. The number of nitrogens with one attached hydrogen (secondary N) is 1. The van der Waals surface area contributed by atoms with Crippen LogP contribution in [0.2, 0.25) is 0 Å². The van der Waals surface area contributed by atoms with Gasteiger partial charge in [0.15, 0.2) is 11.5 Å². The Morgan fingerprint density at radius 1 is 1.22 bits per heavy atom. The van der Waals surface area contributed by atoms with Crippen LogP contribution in [-0.4, -0.2) is 25.3 Å². The van der Waals surface area contributed by atoms with Gasteiger partial charge in [0.1, 0.15) is 13.2 Å². The van der Waals surface area contributed by atoms with E-state index in [1.165, 1.54) is 12.1 Å². The number of benzene rings is 1. The van der Waals surface area contributed by atoms with Crippen molar-refractivity contribution < 1.29 is 27.4 Å². The van der Waals surface area contributed by atoms with Crippen LogP contribution in [0.15, 0.2) is 12.1 Å². The topological polar surface area (TPSA) is 73.6 Å². The number of rotatable bonds is 1. The first-order valence-electron chi connectivity index (χ1n) is 4.95. The highest BCUT2D eigenvalue weighted by Crippen LogP contribution is 2.37. The van der Waals surface area contributed by atoms with Crippen LogP contribution in [0, 0.1) is 0 Å². The monoisotopic (exact) mass is 262 g/mol. The van der Waals surface area contributed by atoms with Crippen molar-refractivity contribution in [1.29, 1.82) is 0 Å². The van der Waals surface area contributed by atoms with Gasteiger partial charge in [-0.2, -0.15) is 13.2 Å². The Balaban J connectivity index is 2.26. The number of hydrogen-bond acceptors (Lipinski definition) is 4. The van der Waals surface area contributed by atoms with Gasteiger partial charge in [0, 0.05) is 12.1 Å². The van der Waals surface area contributed by atoms with Crippen molar-refractivity contribution in [1.82, 2.24) is 0 Å². The number of ether oxygens (including phenoxy) is 2. The highest BCUT2D eigenvalue weighted by molar-refractivity contribution is 5.98. The van der Waals surface area contributed by atoms with Crippen LogP contribution in [0.4, 0.5) is 24.5 Å². The summed E-state index contributed by atoms with van der Waals surface area (Å²) in [7, 11) is 0. The molecule has 0 spiro atoms. The van der Waals surface area contributed by atoms with Crippen molar-refractivity contribution in [2.75, 3.05) is 24.3 Å². The molecule has 2 rings (SSSR count). The van der Waals surface area contributed by atoms with Gasteiger partial charge in [-0.1, -0.05) is 0 Å². The molecule has 98 valence electrons. The molecule has 0 aliphatic carbocycles. The van der Waals surface area contributed by atoms with E-state index in [0.29, 0.717) is 12.4 Å². The molecule has 0 bridgehead atoms. The quantitative estimate of drug-likeness (QED) is 0.753. The third-order valence-electron chi connectivity index (χ3n) is 2.22. The first kappa shape index (κ1) is 12.3. The third kappa shape index (κ3) is 2.41. The second-order valence-electron chi connectivity index (χ2n) is 3.54. The lowest BCUT2D eigenvalue weighted by Crippen LogP contribution is -2.30. The third-order valence-corrected chi connectivity index (χ3v) is 2.22. The van der Waals surface area contributed by atoms with Crippen molar-refractivity contribution >= 4 is 17.3 Å². The molecule has 18 heavy (non-hydrogen) atoms. The summed E-state index contributed by atoms with van der Waals surface area (Å²) >= 11 is 0. The maximum absolute atomic E-state index is 12.1. The molecule has 1 aromatic rings. The number of carbonyl (C=O) groups excluding carboxylic acids is 1. The van der Waals surface area contributed by atoms with Gasteiger partial charge in [-0.25, -0.2) is 0 Å². The van der Waals surface area contributed by atoms with Gasteiger partial charge >= 0.3 is 12.1 Å². The molecular formula is C10H9F3N2O3. The Morgan fingerprint density at radius 2 is 1.78 bits per heavy atom. The largest absolute Gasteiger partial charge is 0.486 e. The van der Waals surface area contributed by atoms with Crippen LogP contribution in [0.1, 0.15) is 0 Å². The Labute approximate surface area is 99.7 Å². The minimum absolute atomic E-state index is 0.0307. The van der Waals surface area contributed by atoms with Crippen LogP contribution in [0.3, 0.4) is 0 Å². The summed E-state index contributed by atoms with van der Waals surface area (Å²) in [5.41, 5.74) is 5.32. The summed E-state index contributed by atoms with van der Waals surface area (Å²) in [5, 5.41) is 1.68. The second kappa shape index (κ2) is 4.28. The van der Waals surface area contributed by atoms with Gasteiger partial charge in [-0.3, -0.25) is 4.79 Å². The molecule has 0 saturated carbocycles.